The highest BCUT2D eigenvalue weighted by Crippen LogP contribution is 2.33. The highest BCUT2D eigenvalue weighted by Gasteiger charge is 2.34. The van der Waals surface area contributed by atoms with Crippen LogP contribution in [0.4, 0.5) is 0 Å². The van der Waals surface area contributed by atoms with Gasteiger partial charge in [-0.1, -0.05) is 0 Å². The maximum Gasteiger partial charge on any atom is 0.137 e. The van der Waals surface area contributed by atoms with Crippen molar-refractivity contribution in [2.45, 2.75) is 31.9 Å². The van der Waals surface area contributed by atoms with Gasteiger partial charge < -0.3 is 20.3 Å². The molecule has 0 spiro atoms. The minimum Gasteiger partial charge on any atom is -0.494 e. The molecule has 0 amide bonds. The smallest absolute Gasteiger partial charge is 0.137 e. The third-order valence-electron chi connectivity index (χ3n) is 3.20. The Labute approximate surface area is 108 Å². The lowest BCUT2D eigenvalue weighted by Crippen LogP contribution is -2.43. The van der Waals surface area contributed by atoms with Crippen molar-refractivity contribution in [2.75, 3.05) is 13.2 Å². The molecule has 100 valence electrons. The number of ether oxygens (including phenoxy) is 2. The van der Waals surface area contributed by atoms with Gasteiger partial charge in [0.2, 0.25) is 0 Å². The molecule has 1 fully saturated rings. The lowest BCUT2D eigenvalue weighted by atomic mass is 10.1. The van der Waals surface area contributed by atoms with E-state index < -0.39 is 0 Å². The second-order valence-electron chi connectivity index (χ2n) is 4.66. The Bertz CT molecular complexity index is 362. The Balaban J connectivity index is 1.93. The molecule has 4 nitrogen and oxygen atoms in total. The Morgan fingerprint density at radius 3 is 2.39 bits per heavy atom. The fraction of sp³-hybridized carbons (Fsp3) is 0.571. The molecule has 0 aromatic heterocycles. The first-order valence-electron chi connectivity index (χ1n) is 6.50. The van der Waals surface area contributed by atoms with Gasteiger partial charge in [0.25, 0.3) is 0 Å². The summed E-state index contributed by atoms with van der Waals surface area (Å²) < 4.78 is 11.1. The largest absolute Gasteiger partial charge is 0.494 e. The van der Waals surface area contributed by atoms with Crippen molar-refractivity contribution in [1.29, 1.82) is 0 Å². The van der Waals surface area contributed by atoms with Gasteiger partial charge in [-0.25, -0.2) is 0 Å². The van der Waals surface area contributed by atoms with Crippen LogP contribution in [0.15, 0.2) is 24.3 Å². The average Bonchev–Trinajstić information content (AvgIpc) is 3.22. The van der Waals surface area contributed by atoms with Crippen molar-refractivity contribution in [3.8, 4) is 11.5 Å². The molecule has 2 rings (SSSR count). The molecule has 0 saturated heterocycles. The molecule has 0 radical (unpaired) electrons. The lowest BCUT2D eigenvalue weighted by Gasteiger charge is -2.23. The van der Waals surface area contributed by atoms with E-state index in [0.717, 1.165) is 18.6 Å². The Hall–Kier alpha value is -1.26. The summed E-state index contributed by atoms with van der Waals surface area (Å²) in [6, 6.07) is 7.31. The number of rotatable bonds is 7. The second kappa shape index (κ2) is 6.07. The second-order valence-corrected chi connectivity index (χ2v) is 4.66. The van der Waals surface area contributed by atoms with Crippen LogP contribution in [0.3, 0.4) is 0 Å². The van der Waals surface area contributed by atoms with Crippen LogP contribution in [-0.2, 0) is 0 Å². The minimum atomic E-state index is -0.324. The van der Waals surface area contributed by atoms with Gasteiger partial charge in [0.15, 0.2) is 0 Å². The fourth-order valence-electron chi connectivity index (χ4n) is 1.98. The third kappa shape index (κ3) is 3.37. The van der Waals surface area contributed by atoms with Crippen LogP contribution < -0.4 is 15.2 Å². The minimum absolute atomic E-state index is 0.0507. The van der Waals surface area contributed by atoms with Crippen molar-refractivity contribution in [3.05, 3.63) is 24.3 Å². The molecule has 0 heterocycles. The summed E-state index contributed by atoms with van der Waals surface area (Å²) in [5, 5.41) is 9.34. The van der Waals surface area contributed by atoms with Crippen molar-refractivity contribution < 1.29 is 14.6 Å². The Morgan fingerprint density at radius 2 is 1.89 bits per heavy atom. The maximum atomic E-state index is 9.34. The first-order chi connectivity index (χ1) is 8.74. The fourth-order valence-corrected chi connectivity index (χ4v) is 1.98. The van der Waals surface area contributed by atoms with E-state index in [0.29, 0.717) is 18.3 Å². The van der Waals surface area contributed by atoms with Crippen LogP contribution in [0.25, 0.3) is 0 Å². The first-order valence-corrected chi connectivity index (χ1v) is 6.50. The number of hydrogen-bond acceptors (Lipinski definition) is 4. The quantitative estimate of drug-likeness (QED) is 0.772. The normalized spacial score (nSPS) is 18.2. The number of benzene rings is 1. The summed E-state index contributed by atoms with van der Waals surface area (Å²) in [4.78, 5) is 0. The predicted molar refractivity (Wildman–Crippen MR) is 69.8 cm³/mol. The predicted octanol–water partition coefficient (Wildman–Crippen LogP) is 1.56. The molecule has 0 aliphatic heterocycles. The van der Waals surface area contributed by atoms with Crippen molar-refractivity contribution in [2.24, 2.45) is 11.7 Å². The van der Waals surface area contributed by atoms with Crippen LogP contribution in [-0.4, -0.2) is 30.5 Å². The summed E-state index contributed by atoms with van der Waals surface area (Å²) in [7, 11) is 0. The zero-order chi connectivity index (χ0) is 13.0. The van der Waals surface area contributed by atoms with Crippen LogP contribution >= 0.6 is 0 Å². The van der Waals surface area contributed by atoms with Crippen LogP contribution in [0, 0.1) is 5.92 Å². The molecule has 1 aromatic rings. The molecule has 1 saturated carbocycles. The number of hydrogen-bond donors (Lipinski definition) is 2. The molecule has 2 atom stereocenters. The molecule has 3 N–H and O–H groups in total. The van der Waals surface area contributed by atoms with Crippen LogP contribution in [0.1, 0.15) is 19.8 Å². The van der Waals surface area contributed by atoms with Crippen molar-refractivity contribution in [1.82, 2.24) is 0 Å². The van der Waals surface area contributed by atoms with E-state index in [1.165, 1.54) is 0 Å². The van der Waals surface area contributed by atoms with E-state index in [4.69, 9.17) is 15.2 Å². The van der Waals surface area contributed by atoms with Gasteiger partial charge in [0, 0.05) is 6.04 Å². The standard InChI is InChI=1S/C14H21NO3/c1-2-17-11-5-7-12(8-6-11)18-13(9-16)14(15)10-3-4-10/h5-8,10,13-14,16H,2-4,9,15H2,1H3. The molecule has 1 aliphatic rings. The average molecular weight is 251 g/mol. The monoisotopic (exact) mass is 251 g/mol. The highest BCUT2D eigenvalue weighted by molar-refractivity contribution is 5.31. The summed E-state index contributed by atoms with van der Waals surface area (Å²) in [6.45, 7) is 2.54. The lowest BCUT2D eigenvalue weighted by molar-refractivity contribution is 0.0882. The van der Waals surface area contributed by atoms with E-state index in [1.54, 1.807) is 0 Å². The molecule has 18 heavy (non-hydrogen) atoms. The molecular formula is C14H21NO3. The van der Waals surface area contributed by atoms with Crippen molar-refractivity contribution >= 4 is 0 Å². The summed E-state index contributed by atoms with van der Waals surface area (Å²) in [5.41, 5.74) is 6.05. The van der Waals surface area contributed by atoms with Gasteiger partial charge in [-0.15, -0.1) is 0 Å². The Kier molecular flexibility index (Phi) is 4.44. The van der Waals surface area contributed by atoms with Crippen LogP contribution in [0.5, 0.6) is 11.5 Å². The molecule has 1 aliphatic carbocycles. The molecule has 2 unspecified atom stereocenters. The maximum absolute atomic E-state index is 9.34. The summed E-state index contributed by atoms with van der Waals surface area (Å²) >= 11 is 0. The van der Waals surface area contributed by atoms with Gasteiger partial charge in [-0.2, -0.15) is 0 Å². The van der Waals surface area contributed by atoms with Gasteiger partial charge >= 0.3 is 0 Å². The summed E-state index contributed by atoms with van der Waals surface area (Å²) in [6.07, 6.45) is 1.96. The van der Waals surface area contributed by atoms with E-state index >= 15 is 0 Å². The van der Waals surface area contributed by atoms with E-state index in [2.05, 4.69) is 0 Å². The highest BCUT2D eigenvalue weighted by atomic mass is 16.5. The molecule has 1 aromatic carbocycles. The van der Waals surface area contributed by atoms with E-state index in [-0.39, 0.29) is 18.8 Å². The van der Waals surface area contributed by atoms with E-state index in [9.17, 15) is 5.11 Å². The summed E-state index contributed by atoms with van der Waals surface area (Å²) in [5.74, 6) is 2.04. The number of nitrogens with two attached hydrogens (primary N) is 1. The topological polar surface area (TPSA) is 64.7 Å². The van der Waals surface area contributed by atoms with Gasteiger partial charge in [-0.3, -0.25) is 0 Å². The van der Waals surface area contributed by atoms with Gasteiger partial charge in [0.1, 0.15) is 17.6 Å². The zero-order valence-corrected chi connectivity index (χ0v) is 10.7. The zero-order valence-electron chi connectivity index (χ0n) is 10.7. The SMILES string of the molecule is CCOc1ccc(OC(CO)C(N)C2CC2)cc1. The van der Waals surface area contributed by atoms with Crippen LogP contribution in [0.2, 0.25) is 0 Å². The Morgan fingerprint density at radius 1 is 1.28 bits per heavy atom. The number of aliphatic hydroxyl groups is 1. The molecule has 0 bridgehead atoms. The first kappa shape index (κ1) is 13.2. The molecule has 4 heteroatoms. The third-order valence-corrected chi connectivity index (χ3v) is 3.20. The van der Waals surface area contributed by atoms with Crippen molar-refractivity contribution in [3.63, 3.8) is 0 Å². The van der Waals surface area contributed by atoms with Gasteiger partial charge in [-0.05, 0) is 49.9 Å². The molecular weight excluding hydrogens is 230 g/mol. The van der Waals surface area contributed by atoms with Gasteiger partial charge in [0.05, 0.1) is 13.2 Å². The number of aliphatic hydroxyl groups excluding tert-OH is 1. The van der Waals surface area contributed by atoms with E-state index in [1.807, 2.05) is 31.2 Å².